The Kier molecular flexibility index (Phi) is 4.40. The molecule has 0 fully saturated rings. The van der Waals surface area contributed by atoms with Crippen molar-refractivity contribution in [3.63, 3.8) is 0 Å². The van der Waals surface area contributed by atoms with Gasteiger partial charge in [0.1, 0.15) is 17.4 Å². The van der Waals surface area contributed by atoms with Gasteiger partial charge in [-0.3, -0.25) is 4.98 Å². The zero-order chi connectivity index (χ0) is 18.0. The molecule has 0 saturated heterocycles. The van der Waals surface area contributed by atoms with Crippen molar-refractivity contribution >= 4 is 16.9 Å². The first-order valence-electron chi connectivity index (χ1n) is 7.87. The lowest BCUT2D eigenvalue weighted by molar-refractivity contribution is -0.139. The van der Waals surface area contributed by atoms with Gasteiger partial charge in [0.2, 0.25) is 5.88 Å². The number of ether oxygens (including phenoxy) is 2. The lowest BCUT2D eigenvalue weighted by atomic mass is 9.83. The van der Waals surface area contributed by atoms with Crippen molar-refractivity contribution in [1.29, 1.82) is 5.26 Å². The average molecular weight is 335 g/mol. The van der Waals surface area contributed by atoms with Crippen LogP contribution in [-0.2, 0) is 14.3 Å². The minimum absolute atomic E-state index is 0.00814. The Morgan fingerprint density at radius 1 is 1.44 bits per heavy atom. The summed E-state index contributed by atoms with van der Waals surface area (Å²) in [6.45, 7) is 3.58. The molecule has 0 saturated carbocycles. The molecule has 0 bridgehead atoms. The lowest BCUT2D eigenvalue weighted by Crippen LogP contribution is -2.25. The van der Waals surface area contributed by atoms with Gasteiger partial charge >= 0.3 is 5.97 Å². The van der Waals surface area contributed by atoms with Crippen molar-refractivity contribution in [2.75, 3.05) is 6.61 Å². The summed E-state index contributed by atoms with van der Waals surface area (Å²) in [4.78, 5) is 16.9. The highest BCUT2D eigenvalue weighted by atomic mass is 16.5. The van der Waals surface area contributed by atoms with E-state index in [2.05, 4.69) is 11.1 Å². The van der Waals surface area contributed by atoms with Crippen LogP contribution in [-0.4, -0.2) is 17.6 Å². The van der Waals surface area contributed by atoms with Crippen LogP contribution in [0.25, 0.3) is 10.9 Å². The standard InChI is InChI=1S/C19H17N3O3/c1-3-24-19(23)16-11(2)25-18(21)14(9-20)17(16)13-8-12-6-4-5-7-15(12)22-10-13/h4-8,10,17H,3,21H2,1-2H3. The van der Waals surface area contributed by atoms with Gasteiger partial charge < -0.3 is 15.2 Å². The molecular weight excluding hydrogens is 318 g/mol. The number of benzene rings is 1. The maximum absolute atomic E-state index is 12.5. The molecule has 1 aromatic heterocycles. The van der Waals surface area contributed by atoms with Crippen LogP contribution in [0.3, 0.4) is 0 Å². The van der Waals surface area contributed by atoms with Crippen LogP contribution < -0.4 is 5.73 Å². The van der Waals surface area contributed by atoms with E-state index in [4.69, 9.17) is 15.2 Å². The molecule has 1 atom stereocenters. The molecule has 1 aromatic carbocycles. The predicted molar refractivity (Wildman–Crippen MR) is 91.7 cm³/mol. The van der Waals surface area contributed by atoms with Gasteiger partial charge in [-0.1, -0.05) is 18.2 Å². The van der Waals surface area contributed by atoms with Crippen molar-refractivity contribution in [1.82, 2.24) is 4.98 Å². The van der Waals surface area contributed by atoms with Crippen LogP contribution in [0.5, 0.6) is 0 Å². The summed E-state index contributed by atoms with van der Waals surface area (Å²) in [7, 11) is 0. The number of nitriles is 1. The van der Waals surface area contributed by atoms with E-state index in [1.165, 1.54) is 0 Å². The number of aromatic nitrogens is 1. The van der Waals surface area contributed by atoms with E-state index in [1.54, 1.807) is 20.0 Å². The second-order valence-electron chi connectivity index (χ2n) is 5.58. The summed E-state index contributed by atoms with van der Waals surface area (Å²) in [6, 6.07) is 11.6. The number of nitrogens with zero attached hydrogens (tertiary/aromatic N) is 2. The number of esters is 1. The highest BCUT2D eigenvalue weighted by Gasteiger charge is 2.36. The summed E-state index contributed by atoms with van der Waals surface area (Å²) in [5, 5.41) is 10.5. The number of rotatable bonds is 3. The second-order valence-corrected chi connectivity index (χ2v) is 5.58. The summed E-state index contributed by atoms with van der Waals surface area (Å²) >= 11 is 0. The Balaban J connectivity index is 2.19. The Morgan fingerprint density at radius 2 is 2.20 bits per heavy atom. The molecule has 1 aliphatic heterocycles. The first kappa shape index (κ1) is 16.5. The van der Waals surface area contributed by atoms with Gasteiger partial charge in [0.25, 0.3) is 0 Å². The molecule has 6 heteroatoms. The van der Waals surface area contributed by atoms with Crippen LogP contribution in [0.4, 0.5) is 0 Å². The second kappa shape index (κ2) is 6.65. The zero-order valence-electron chi connectivity index (χ0n) is 13.9. The van der Waals surface area contributed by atoms with Crippen LogP contribution in [0.1, 0.15) is 25.3 Å². The molecule has 126 valence electrons. The Hall–Kier alpha value is -3.33. The molecule has 2 heterocycles. The normalized spacial score (nSPS) is 17.2. The van der Waals surface area contributed by atoms with Crippen LogP contribution >= 0.6 is 0 Å². The van der Waals surface area contributed by atoms with E-state index >= 15 is 0 Å². The fourth-order valence-electron chi connectivity index (χ4n) is 2.93. The molecule has 25 heavy (non-hydrogen) atoms. The number of pyridine rings is 1. The Morgan fingerprint density at radius 3 is 2.92 bits per heavy atom. The van der Waals surface area contributed by atoms with Crippen molar-refractivity contribution in [3.05, 3.63) is 64.9 Å². The Bertz CT molecular complexity index is 954. The highest BCUT2D eigenvalue weighted by molar-refractivity contribution is 5.93. The number of carbonyl (C=O) groups is 1. The molecule has 2 N–H and O–H groups in total. The first-order valence-corrected chi connectivity index (χ1v) is 7.87. The maximum atomic E-state index is 12.5. The lowest BCUT2D eigenvalue weighted by Gasteiger charge is -2.26. The fraction of sp³-hybridized carbons (Fsp3) is 0.211. The summed E-state index contributed by atoms with van der Waals surface area (Å²) in [6.07, 6.45) is 1.65. The maximum Gasteiger partial charge on any atom is 0.338 e. The minimum Gasteiger partial charge on any atom is -0.463 e. The van der Waals surface area contributed by atoms with Gasteiger partial charge in [0.15, 0.2) is 0 Å². The number of carbonyl (C=O) groups excluding carboxylic acids is 1. The number of allylic oxidation sites excluding steroid dienone is 2. The van der Waals surface area contributed by atoms with Gasteiger partial charge in [0.05, 0.1) is 23.6 Å². The van der Waals surface area contributed by atoms with Gasteiger partial charge in [-0.25, -0.2) is 4.79 Å². The smallest absolute Gasteiger partial charge is 0.338 e. The summed E-state index contributed by atoms with van der Waals surface area (Å²) in [5.74, 6) is -0.882. The fourth-order valence-corrected chi connectivity index (χ4v) is 2.93. The zero-order valence-corrected chi connectivity index (χ0v) is 13.9. The third-order valence-electron chi connectivity index (χ3n) is 4.05. The molecule has 0 spiro atoms. The number of para-hydroxylation sites is 1. The molecular formula is C19H17N3O3. The monoisotopic (exact) mass is 335 g/mol. The van der Waals surface area contributed by atoms with Gasteiger partial charge in [-0.15, -0.1) is 0 Å². The first-order chi connectivity index (χ1) is 12.1. The molecule has 6 nitrogen and oxygen atoms in total. The van der Waals surface area contributed by atoms with Crippen LogP contribution in [0, 0.1) is 11.3 Å². The SMILES string of the molecule is CCOC(=O)C1=C(C)OC(N)=C(C#N)C1c1cnc2ccccc2c1. The molecule has 0 radical (unpaired) electrons. The molecule has 2 aromatic rings. The van der Waals surface area contributed by atoms with Crippen LogP contribution in [0.2, 0.25) is 0 Å². The van der Waals surface area contributed by atoms with Gasteiger partial charge in [0, 0.05) is 11.6 Å². The van der Waals surface area contributed by atoms with E-state index in [0.29, 0.717) is 11.3 Å². The molecule has 0 amide bonds. The number of hydrogen-bond acceptors (Lipinski definition) is 6. The molecule has 1 unspecified atom stereocenters. The van der Waals surface area contributed by atoms with Gasteiger partial charge in [-0.2, -0.15) is 5.26 Å². The number of fused-ring (bicyclic) bond motifs is 1. The van der Waals surface area contributed by atoms with Crippen molar-refractivity contribution in [2.24, 2.45) is 5.73 Å². The molecule has 0 aliphatic carbocycles. The molecule has 1 aliphatic rings. The van der Waals surface area contributed by atoms with E-state index in [0.717, 1.165) is 10.9 Å². The third kappa shape index (κ3) is 2.92. The van der Waals surface area contributed by atoms with Crippen molar-refractivity contribution in [3.8, 4) is 6.07 Å². The Labute approximate surface area is 145 Å². The average Bonchev–Trinajstić information content (AvgIpc) is 2.60. The largest absolute Gasteiger partial charge is 0.463 e. The minimum atomic E-state index is -0.671. The number of hydrogen-bond donors (Lipinski definition) is 1. The van der Waals surface area contributed by atoms with Gasteiger partial charge in [-0.05, 0) is 31.5 Å². The summed E-state index contributed by atoms with van der Waals surface area (Å²) < 4.78 is 10.6. The topological polar surface area (TPSA) is 98.2 Å². The quantitative estimate of drug-likeness (QED) is 0.866. The van der Waals surface area contributed by atoms with E-state index in [9.17, 15) is 10.1 Å². The van der Waals surface area contributed by atoms with Crippen molar-refractivity contribution in [2.45, 2.75) is 19.8 Å². The molecule has 3 rings (SSSR count). The third-order valence-corrected chi connectivity index (χ3v) is 4.05. The summed E-state index contributed by atoms with van der Waals surface area (Å²) in [5.41, 5.74) is 7.84. The highest BCUT2D eigenvalue weighted by Crippen LogP contribution is 2.39. The number of nitrogens with two attached hydrogens (primary N) is 1. The van der Waals surface area contributed by atoms with E-state index in [1.807, 2.05) is 30.3 Å². The van der Waals surface area contributed by atoms with Crippen molar-refractivity contribution < 1.29 is 14.3 Å². The van der Waals surface area contributed by atoms with Crippen LogP contribution in [0.15, 0.2) is 59.3 Å². The predicted octanol–water partition coefficient (Wildman–Crippen LogP) is 2.88. The van der Waals surface area contributed by atoms with E-state index < -0.39 is 11.9 Å². The van der Waals surface area contributed by atoms with E-state index in [-0.39, 0.29) is 23.6 Å².